The van der Waals surface area contributed by atoms with Gasteiger partial charge in [0, 0.05) is 19.2 Å². The molecule has 0 saturated carbocycles. The van der Waals surface area contributed by atoms with Crippen LogP contribution < -0.4 is 16.0 Å². The molecular weight excluding hydrogens is 597 g/mol. The molecule has 2 unspecified atom stereocenters. The number of unbranched alkanes of at least 4 members (excludes halogenated alkanes) is 1. The van der Waals surface area contributed by atoms with Crippen molar-refractivity contribution in [1.29, 1.82) is 0 Å². The van der Waals surface area contributed by atoms with Gasteiger partial charge in [-0.05, 0) is 48.6 Å². The number of carboxylic acid groups (broad SMARTS) is 2. The molecule has 6 N–H and O–H groups in total. The molecule has 0 radical (unpaired) electrons. The summed E-state index contributed by atoms with van der Waals surface area (Å²) in [5.74, 6) is -4.10. The van der Waals surface area contributed by atoms with Crippen LogP contribution in [-0.2, 0) is 19.2 Å². The Morgan fingerprint density at radius 1 is 0.844 bits per heavy atom. The normalized spacial score (nSPS) is 12.8. The number of nitrogens with one attached hydrogen (secondary N) is 3. The SMILES string of the molecule is CC(O)[C@@H](NC(=O)CCCCNc1ccccn1)C(=O)NC(CC(=O)O)c1ccc(-c2ccccc2)cc1.O=C(O)C(F)(F)F. The number of aliphatic hydroxyl groups excluding tert-OH is 1. The predicted molar refractivity (Wildman–Crippen MR) is 159 cm³/mol. The summed E-state index contributed by atoms with van der Waals surface area (Å²) < 4.78 is 31.7. The number of nitrogens with zero attached hydrogens (tertiary/aromatic N) is 1. The van der Waals surface area contributed by atoms with E-state index in [0.29, 0.717) is 18.5 Å². The second-order valence-corrected chi connectivity index (χ2v) is 9.83. The van der Waals surface area contributed by atoms with Gasteiger partial charge < -0.3 is 31.3 Å². The van der Waals surface area contributed by atoms with E-state index in [-0.39, 0.29) is 18.7 Å². The first kappa shape index (κ1) is 36.2. The molecule has 242 valence electrons. The van der Waals surface area contributed by atoms with Gasteiger partial charge in [0.05, 0.1) is 18.6 Å². The highest BCUT2D eigenvalue weighted by Gasteiger charge is 2.38. The number of aromatic nitrogens is 1. The third kappa shape index (κ3) is 13.5. The van der Waals surface area contributed by atoms with E-state index < -0.39 is 42.2 Å². The molecule has 0 aliphatic rings. The van der Waals surface area contributed by atoms with E-state index in [1.807, 2.05) is 60.7 Å². The van der Waals surface area contributed by atoms with Crippen molar-refractivity contribution in [2.45, 2.75) is 57.0 Å². The maximum absolute atomic E-state index is 13.0. The summed E-state index contributed by atoms with van der Waals surface area (Å²) in [5, 5.41) is 35.2. The van der Waals surface area contributed by atoms with Crippen molar-refractivity contribution in [3.05, 3.63) is 84.6 Å². The minimum absolute atomic E-state index is 0.180. The van der Waals surface area contributed by atoms with E-state index in [0.717, 1.165) is 23.4 Å². The van der Waals surface area contributed by atoms with Crippen LogP contribution in [0.25, 0.3) is 11.1 Å². The minimum atomic E-state index is -5.08. The Bertz CT molecular complexity index is 1370. The third-order valence-electron chi connectivity index (χ3n) is 6.24. The van der Waals surface area contributed by atoms with E-state index in [9.17, 15) is 37.8 Å². The molecule has 2 amide bonds. The van der Waals surface area contributed by atoms with Crippen molar-refractivity contribution in [3.63, 3.8) is 0 Å². The Morgan fingerprint density at radius 2 is 1.44 bits per heavy atom. The fraction of sp³-hybridized carbons (Fsp3) is 0.323. The molecule has 2 aromatic carbocycles. The number of rotatable bonds is 14. The smallest absolute Gasteiger partial charge is 0.481 e. The average Bonchev–Trinajstić information content (AvgIpc) is 3.00. The molecule has 3 aromatic rings. The molecule has 0 fully saturated rings. The van der Waals surface area contributed by atoms with Crippen molar-refractivity contribution in [2.75, 3.05) is 11.9 Å². The lowest BCUT2D eigenvalue weighted by molar-refractivity contribution is -0.192. The maximum Gasteiger partial charge on any atom is 0.490 e. The largest absolute Gasteiger partial charge is 0.490 e. The molecule has 45 heavy (non-hydrogen) atoms. The second kappa shape index (κ2) is 18.0. The Morgan fingerprint density at radius 3 is 1.98 bits per heavy atom. The Labute approximate surface area is 257 Å². The van der Waals surface area contributed by atoms with Crippen LogP contribution in [0.3, 0.4) is 0 Å². The average molecular weight is 633 g/mol. The molecule has 14 heteroatoms. The predicted octanol–water partition coefficient (Wildman–Crippen LogP) is 4.16. The lowest BCUT2D eigenvalue weighted by atomic mass is 9.98. The van der Waals surface area contributed by atoms with Gasteiger partial charge in [0.1, 0.15) is 11.9 Å². The first-order valence-corrected chi connectivity index (χ1v) is 13.9. The summed E-state index contributed by atoms with van der Waals surface area (Å²) in [4.78, 5) is 50.1. The van der Waals surface area contributed by atoms with Crippen LogP contribution in [0, 0.1) is 0 Å². The molecular formula is C31H35F3N4O7. The molecule has 1 aromatic heterocycles. The fourth-order valence-electron chi connectivity index (χ4n) is 3.97. The fourth-order valence-corrected chi connectivity index (χ4v) is 3.97. The zero-order valence-corrected chi connectivity index (χ0v) is 24.3. The molecule has 0 saturated heterocycles. The quantitative estimate of drug-likeness (QED) is 0.142. The Kier molecular flexibility index (Phi) is 14.5. The highest BCUT2D eigenvalue weighted by atomic mass is 19.4. The molecule has 0 bridgehead atoms. The number of anilines is 1. The number of benzene rings is 2. The van der Waals surface area contributed by atoms with Crippen molar-refractivity contribution in [1.82, 2.24) is 15.6 Å². The van der Waals surface area contributed by atoms with E-state index in [4.69, 9.17) is 9.90 Å². The zero-order valence-electron chi connectivity index (χ0n) is 24.3. The van der Waals surface area contributed by atoms with Gasteiger partial charge in [0.25, 0.3) is 0 Å². The topological polar surface area (TPSA) is 178 Å². The highest BCUT2D eigenvalue weighted by molar-refractivity contribution is 5.88. The van der Waals surface area contributed by atoms with Gasteiger partial charge in [-0.3, -0.25) is 14.4 Å². The summed E-state index contributed by atoms with van der Waals surface area (Å²) in [6, 6.07) is 20.5. The van der Waals surface area contributed by atoms with Crippen LogP contribution in [0.1, 0.15) is 44.2 Å². The molecule has 3 rings (SSSR count). The first-order valence-electron chi connectivity index (χ1n) is 13.9. The van der Waals surface area contributed by atoms with E-state index in [1.54, 1.807) is 18.3 Å². The molecule has 11 nitrogen and oxygen atoms in total. The molecule has 3 atom stereocenters. The van der Waals surface area contributed by atoms with Gasteiger partial charge in [-0.25, -0.2) is 9.78 Å². The zero-order chi connectivity index (χ0) is 33.4. The van der Waals surface area contributed by atoms with Crippen molar-refractivity contribution in [2.24, 2.45) is 0 Å². The lowest BCUT2D eigenvalue weighted by Crippen LogP contribution is -2.53. The highest BCUT2D eigenvalue weighted by Crippen LogP contribution is 2.24. The van der Waals surface area contributed by atoms with Crippen molar-refractivity contribution in [3.8, 4) is 11.1 Å². The maximum atomic E-state index is 13.0. The van der Waals surface area contributed by atoms with Crippen LogP contribution in [0.15, 0.2) is 79.0 Å². The Hall–Kier alpha value is -4.98. The monoisotopic (exact) mass is 632 g/mol. The number of halogens is 3. The van der Waals surface area contributed by atoms with Gasteiger partial charge in [0.15, 0.2) is 0 Å². The number of carbonyl (C=O) groups excluding carboxylic acids is 2. The van der Waals surface area contributed by atoms with E-state index in [2.05, 4.69) is 20.9 Å². The van der Waals surface area contributed by atoms with Crippen LogP contribution in [-0.4, -0.2) is 68.9 Å². The van der Waals surface area contributed by atoms with E-state index in [1.165, 1.54) is 6.92 Å². The number of hydrogen-bond acceptors (Lipinski definition) is 7. The Balaban J connectivity index is 0.000000900. The second-order valence-electron chi connectivity index (χ2n) is 9.83. The van der Waals surface area contributed by atoms with E-state index >= 15 is 0 Å². The number of carboxylic acids is 2. The summed E-state index contributed by atoms with van der Waals surface area (Å²) in [6.45, 7) is 2.05. The number of aliphatic carboxylic acids is 2. The molecule has 0 aliphatic carbocycles. The van der Waals surface area contributed by atoms with Gasteiger partial charge in [0.2, 0.25) is 11.8 Å². The number of amides is 2. The lowest BCUT2D eigenvalue weighted by Gasteiger charge is -2.25. The van der Waals surface area contributed by atoms with Gasteiger partial charge in [-0.2, -0.15) is 13.2 Å². The minimum Gasteiger partial charge on any atom is -0.481 e. The summed E-state index contributed by atoms with van der Waals surface area (Å²) in [6.07, 6.45) is -3.43. The van der Waals surface area contributed by atoms with Crippen molar-refractivity contribution < 1.29 is 47.7 Å². The van der Waals surface area contributed by atoms with Crippen LogP contribution in [0.2, 0.25) is 0 Å². The van der Waals surface area contributed by atoms with Crippen molar-refractivity contribution >= 4 is 29.6 Å². The van der Waals surface area contributed by atoms with Gasteiger partial charge in [-0.15, -0.1) is 0 Å². The number of hydrogen-bond donors (Lipinski definition) is 6. The number of carbonyl (C=O) groups is 4. The standard InChI is InChI=1S/C29H34N4O5.C2HF3O2/c1-20(34)28(33-26(35)12-6-8-18-31-25-11-5-7-17-30-25)29(38)32-24(19-27(36)37)23-15-13-22(14-16-23)21-9-3-2-4-10-21;3-2(4,5)1(6)7/h2-5,7,9-11,13-17,20,24,28,34H,6,8,12,18-19H2,1H3,(H,30,31)(H,32,38)(H,33,35)(H,36,37);(H,6,7)/t20?,24?,28-;/m1./s1. The number of alkyl halides is 3. The van der Waals surface area contributed by atoms with Crippen LogP contribution >= 0.6 is 0 Å². The number of pyridine rings is 1. The van der Waals surface area contributed by atoms with Crippen LogP contribution in [0.5, 0.6) is 0 Å². The van der Waals surface area contributed by atoms with Gasteiger partial charge in [-0.1, -0.05) is 60.7 Å². The summed E-state index contributed by atoms with van der Waals surface area (Å²) >= 11 is 0. The van der Waals surface area contributed by atoms with Crippen LogP contribution in [0.4, 0.5) is 19.0 Å². The first-order chi connectivity index (χ1) is 21.3. The third-order valence-corrected chi connectivity index (χ3v) is 6.24. The molecule has 1 heterocycles. The molecule has 0 spiro atoms. The summed E-state index contributed by atoms with van der Waals surface area (Å²) in [5.41, 5.74) is 2.58. The number of aliphatic hydroxyl groups is 1. The summed E-state index contributed by atoms with van der Waals surface area (Å²) in [7, 11) is 0. The van der Waals surface area contributed by atoms with Gasteiger partial charge >= 0.3 is 18.1 Å². The molecule has 0 aliphatic heterocycles.